The Labute approximate surface area is 321 Å². The van der Waals surface area contributed by atoms with E-state index in [1.54, 1.807) is 0 Å². The smallest absolute Gasteiger partial charge is 0.306 e. The summed E-state index contributed by atoms with van der Waals surface area (Å²) >= 11 is 0. The Balaban J connectivity index is 2.37. The van der Waals surface area contributed by atoms with Gasteiger partial charge >= 0.3 is 11.9 Å². The van der Waals surface area contributed by atoms with Crippen molar-refractivity contribution in [1.82, 2.24) is 0 Å². The van der Waals surface area contributed by atoms with Gasteiger partial charge in [-0.1, -0.05) is 147 Å². The van der Waals surface area contributed by atoms with Crippen molar-refractivity contribution in [1.29, 1.82) is 0 Å². The van der Waals surface area contributed by atoms with Gasteiger partial charge < -0.3 is 39.4 Å². The van der Waals surface area contributed by atoms with Crippen molar-refractivity contribution in [3.63, 3.8) is 0 Å². The van der Waals surface area contributed by atoms with Crippen LogP contribution in [0.4, 0.5) is 0 Å². The first-order chi connectivity index (χ1) is 25.8. The Hall–Kier alpha value is -2.08. The zero-order valence-corrected chi connectivity index (χ0v) is 33.3. The molecule has 1 aliphatic heterocycles. The van der Waals surface area contributed by atoms with Crippen molar-refractivity contribution in [2.45, 2.75) is 205 Å². The number of esters is 2. The van der Waals surface area contributed by atoms with Crippen molar-refractivity contribution in [2.24, 2.45) is 0 Å². The van der Waals surface area contributed by atoms with E-state index in [0.29, 0.717) is 12.8 Å². The Bertz CT molecular complexity index is 965. The summed E-state index contributed by atoms with van der Waals surface area (Å²) in [6, 6.07) is 0. The number of hydrogen-bond acceptors (Lipinski definition) is 10. The van der Waals surface area contributed by atoms with E-state index in [4.69, 9.17) is 18.9 Å². The van der Waals surface area contributed by atoms with Crippen LogP contribution in [0.15, 0.2) is 36.5 Å². The first-order valence-corrected chi connectivity index (χ1v) is 21.1. The zero-order chi connectivity index (χ0) is 38.8. The van der Waals surface area contributed by atoms with Gasteiger partial charge in [-0.25, -0.2) is 0 Å². The minimum atomic E-state index is -1.60. The minimum Gasteiger partial charge on any atom is -0.462 e. The largest absolute Gasteiger partial charge is 0.462 e. The summed E-state index contributed by atoms with van der Waals surface area (Å²) in [5.41, 5.74) is 0. The summed E-state index contributed by atoms with van der Waals surface area (Å²) in [5, 5.41) is 40.0. The molecule has 1 fully saturated rings. The van der Waals surface area contributed by atoms with Gasteiger partial charge in [-0.15, -0.1) is 0 Å². The van der Waals surface area contributed by atoms with E-state index < -0.39 is 55.4 Å². The van der Waals surface area contributed by atoms with Crippen molar-refractivity contribution < 1.29 is 49.0 Å². The summed E-state index contributed by atoms with van der Waals surface area (Å²) in [4.78, 5) is 25.2. The lowest BCUT2D eigenvalue weighted by Crippen LogP contribution is -2.59. The molecule has 0 bridgehead atoms. The maximum atomic E-state index is 12.7. The number of rotatable bonds is 34. The molecule has 1 aliphatic rings. The molecule has 0 radical (unpaired) electrons. The third-order valence-electron chi connectivity index (χ3n) is 9.54. The van der Waals surface area contributed by atoms with E-state index in [2.05, 4.69) is 50.3 Å². The maximum absolute atomic E-state index is 12.7. The fourth-order valence-corrected chi connectivity index (χ4v) is 6.20. The molecule has 10 heteroatoms. The molecule has 4 N–H and O–H groups in total. The van der Waals surface area contributed by atoms with Crippen LogP contribution in [-0.4, -0.2) is 89.0 Å². The molecule has 6 unspecified atom stereocenters. The molecule has 0 aromatic heterocycles. The third kappa shape index (κ3) is 26.4. The van der Waals surface area contributed by atoms with Crippen LogP contribution in [0.25, 0.3) is 0 Å². The van der Waals surface area contributed by atoms with Crippen molar-refractivity contribution >= 4 is 11.9 Å². The molecule has 0 aromatic carbocycles. The van der Waals surface area contributed by atoms with Crippen molar-refractivity contribution in [3.8, 4) is 0 Å². The molecule has 10 nitrogen and oxygen atoms in total. The number of carbonyl (C=O) groups excluding carboxylic acids is 2. The highest BCUT2D eigenvalue weighted by Gasteiger charge is 2.44. The fourth-order valence-electron chi connectivity index (χ4n) is 6.20. The lowest BCUT2D eigenvalue weighted by atomic mass is 9.99. The van der Waals surface area contributed by atoms with Gasteiger partial charge in [0.05, 0.1) is 13.2 Å². The molecule has 1 heterocycles. The van der Waals surface area contributed by atoms with Gasteiger partial charge in [0.25, 0.3) is 0 Å². The van der Waals surface area contributed by atoms with Gasteiger partial charge in [0.2, 0.25) is 0 Å². The van der Waals surface area contributed by atoms with Crippen LogP contribution in [0.2, 0.25) is 0 Å². The molecule has 53 heavy (non-hydrogen) atoms. The zero-order valence-electron chi connectivity index (χ0n) is 33.3. The number of aliphatic hydroxyl groups excluding tert-OH is 4. The predicted molar refractivity (Wildman–Crippen MR) is 210 cm³/mol. The SMILES string of the molecule is CCC=CCC=CCC=CCCCCCCCC(=O)OCC(COC1OC(CO)C(O)C(O)C1O)OC(=O)CCCCCCCCCCCCCCC. The average molecular weight is 753 g/mol. The van der Waals surface area contributed by atoms with Crippen LogP contribution in [0.5, 0.6) is 0 Å². The molecule has 308 valence electrons. The second-order valence-electron chi connectivity index (χ2n) is 14.4. The standard InChI is InChI=1S/C43H76O10/c1-3-5-7-9-11-13-15-17-18-20-21-23-25-27-29-31-38(45)50-34-36(35-51-43-42(49)41(48)40(47)37(33-44)53-43)52-39(46)32-30-28-26-24-22-19-16-14-12-10-8-6-4-2/h5,7,11,13,17-18,36-37,40-44,47-49H,3-4,6,8-10,12,14-16,19-35H2,1-2H3. The molecule has 0 amide bonds. The van der Waals surface area contributed by atoms with Gasteiger partial charge in [0.15, 0.2) is 12.4 Å². The monoisotopic (exact) mass is 753 g/mol. The van der Waals surface area contributed by atoms with E-state index in [-0.39, 0.29) is 26.1 Å². The minimum absolute atomic E-state index is 0.225. The summed E-state index contributed by atoms with van der Waals surface area (Å²) in [7, 11) is 0. The molecule has 0 spiro atoms. The molecule has 0 saturated carbocycles. The van der Waals surface area contributed by atoms with Crippen molar-refractivity contribution in [2.75, 3.05) is 19.8 Å². The Morgan fingerprint density at radius 1 is 0.604 bits per heavy atom. The number of ether oxygens (including phenoxy) is 4. The highest BCUT2D eigenvalue weighted by atomic mass is 16.7. The number of unbranched alkanes of at least 4 members (excludes halogenated alkanes) is 17. The van der Waals surface area contributed by atoms with Gasteiger partial charge in [-0.3, -0.25) is 9.59 Å². The molecule has 1 saturated heterocycles. The quantitative estimate of drug-likeness (QED) is 0.0287. The Morgan fingerprint density at radius 3 is 1.68 bits per heavy atom. The highest BCUT2D eigenvalue weighted by molar-refractivity contribution is 5.70. The average Bonchev–Trinajstić information content (AvgIpc) is 3.15. The fraction of sp³-hybridized carbons (Fsp3) is 0.814. The van der Waals surface area contributed by atoms with Gasteiger partial charge in [0, 0.05) is 12.8 Å². The van der Waals surface area contributed by atoms with Gasteiger partial charge in [-0.05, 0) is 44.9 Å². The lowest BCUT2D eigenvalue weighted by Gasteiger charge is -2.39. The van der Waals surface area contributed by atoms with E-state index in [9.17, 15) is 30.0 Å². The van der Waals surface area contributed by atoms with Crippen LogP contribution < -0.4 is 0 Å². The summed E-state index contributed by atoms with van der Waals surface area (Å²) in [5.74, 6) is -0.825. The topological polar surface area (TPSA) is 152 Å². The number of carbonyl (C=O) groups is 2. The number of allylic oxidation sites excluding steroid dienone is 6. The Morgan fingerprint density at radius 2 is 1.11 bits per heavy atom. The maximum Gasteiger partial charge on any atom is 0.306 e. The Kier molecular flexibility index (Phi) is 31.8. The molecular formula is C43H76O10. The van der Waals surface area contributed by atoms with Crippen LogP contribution in [0.3, 0.4) is 0 Å². The van der Waals surface area contributed by atoms with E-state index in [0.717, 1.165) is 70.6 Å². The van der Waals surface area contributed by atoms with Crippen LogP contribution >= 0.6 is 0 Å². The van der Waals surface area contributed by atoms with Crippen molar-refractivity contribution in [3.05, 3.63) is 36.5 Å². The molecular weight excluding hydrogens is 676 g/mol. The van der Waals surface area contributed by atoms with E-state index in [1.165, 1.54) is 57.8 Å². The van der Waals surface area contributed by atoms with Gasteiger partial charge in [-0.2, -0.15) is 0 Å². The lowest BCUT2D eigenvalue weighted by molar-refractivity contribution is -0.305. The van der Waals surface area contributed by atoms with Gasteiger partial charge in [0.1, 0.15) is 31.0 Å². The number of hydrogen-bond donors (Lipinski definition) is 4. The summed E-state index contributed by atoms with van der Waals surface area (Å²) < 4.78 is 22.1. The highest BCUT2D eigenvalue weighted by Crippen LogP contribution is 2.22. The first-order valence-electron chi connectivity index (χ1n) is 21.1. The third-order valence-corrected chi connectivity index (χ3v) is 9.54. The summed E-state index contributed by atoms with van der Waals surface area (Å²) in [6.07, 6.45) is 30.1. The second kappa shape index (κ2) is 34.4. The summed E-state index contributed by atoms with van der Waals surface area (Å²) in [6.45, 7) is 3.28. The van der Waals surface area contributed by atoms with E-state index in [1.807, 2.05) is 0 Å². The van der Waals surface area contributed by atoms with Crippen LogP contribution in [0.1, 0.15) is 168 Å². The first kappa shape index (κ1) is 48.9. The number of aliphatic hydroxyl groups is 4. The van der Waals surface area contributed by atoms with Crippen LogP contribution in [-0.2, 0) is 28.5 Å². The molecule has 0 aliphatic carbocycles. The second-order valence-corrected chi connectivity index (χ2v) is 14.4. The van der Waals surface area contributed by atoms with E-state index >= 15 is 0 Å². The molecule has 6 atom stereocenters. The molecule has 1 rings (SSSR count). The van der Waals surface area contributed by atoms with Crippen LogP contribution in [0, 0.1) is 0 Å². The molecule has 0 aromatic rings. The normalized spacial score (nSPS) is 21.2. The predicted octanol–water partition coefficient (Wildman–Crippen LogP) is 8.33.